The van der Waals surface area contributed by atoms with E-state index in [4.69, 9.17) is 4.42 Å². The molecule has 1 N–H and O–H groups in total. The van der Waals surface area contributed by atoms with Crippen molar-refractivity contribution in [1.29, 1.82) is 0 Å². The molecule has 0 bridgehead atoms. The second-order valence-electron chi connectivity index (χ2n) is 6.46. The molecule has 4 rings (SSSR count). The van der Waals surface area contributed by atoms with Crippen LogP contribution in [0.5, 0.6) is 0 Å². The summed E-state index contributed by atoms with van der Waals surface area (Å²) in [6.45, 7) is -0.327. The van der Waals surface area contributed by atoms with Gasteiger partial charge in [-0.25, -0.2) is 22.5 Å². The summed E-state index contributed by atoms with van der Waals surface area (Å²) in [6, 6.07) is 10.7. The lowest BCUT2D eigenvalue weighted by atomic mass is 10.3. The second kappa shape index (κ2) is 7.65. The Morgan fingerprint density at radius 3 is 2.60 bits per heavy atom. The fourth-order valence-electron chi connectivity index (χ4n) is 3.01. The summed E-state index contributed by atoms with van der Waals surface area (Å²) < 4.78 is 59.6. The van der Waals surface area contributed by atoms with Crippen molar-refractivity contribution >= 4 is 22.9 Å². The standard InChI is InChI=1S/C19H15F4N5O2/c1-27-13-5-3-2-4-11(13)24-19(27)25-18(29)15-7-6-10(30-15)9-28-14(17(22)23)8-12(26-28)16(20)21/h2-8,16-17H,9H2,1H3,(H,24,25,29). The van der Waals surface area contributed by atoms with Crippen LogP contribution in [0, 0.1) is 0 Å². The van der Waals surface area contributed by atoms with Gasteiger partial charge in [0.2, 0.25) is 5.95 Å². The van der Waals surface area contributed by atoms with E-state index in [9.17, 15) is 22.4 Å². The van der Waals surface area contributed by atoms with Crippen molar-refractivity contribution in [2.24, 2.45) is 7.05 Å². The third-order valence-electron chi connectivity index (χ3n) is 4.48. The van der Waals surface area contributed by atoms with Gasteiger partial charge in [-0.2, -0.15) is 5.10 Å². The maximum absolute atomic E-state index is 13.1. The Kier molecular flexibility index (Phi) is 5.02. The van der Waals surface area contributed by atoms with Gasteiger partial charge >= 0.3 is 0 Å². The molecule has 0 aliphatic carbocycles. The number of fused-ring (bicyclic) bond motifs is 1. The molecule has 0 fully saturated rings. The first-order chi connectivity index (χ1) is 14.3. The highest BCUT2D eigenvalue weighted by atomic mass is 19.3. The van der Waals surface area contributed by atoms with Gasteiger partial charge in [0.25, 0.3) is 18.8 Å². The molecule has 0 spiro atoms. The number of hydrogen-bond donors (Lipinski definition) is 1. The molecule has 30 heavy (non-hydrogen) atoms. The van der Waals surface area contributed by atoms with E-state index in [1.165, 1.54) is 12.1 Å². The highest BCUT2D eigenvalue weighted by molar-refractivity contribution is 6.02. The topological polar surface area (TPSA) is 77.9 Å². The first-order valence-electron chi connectivity index (χ1n) is 8.79. The molecular formula is C19H15F4N5O2. The summed E-state index contributed by atoms with van der Waals surface area (Å²) in [4.78, 5) is 16.8. The molecule has 0 saturated heterocycles. The van der Waals surface area contributed by atoms with E-state index >= 15 is 0 Å². The number of nitrogens with zero attached hydrogens (tertiary/aromatic N) is 4. The number of halogens is 4. The smallest absolute Gasteiger partial charge is 0.293 e. The van der Waals surface area contributed by atoms with Gasteiger partial charge in [-0.3, -0.25) is 14.8 Å². The normalized spacial score (nSPS) is 11.7. The van der Waals surface area contributed by atoms with Crippen LogP contribution < -0.4 is 5.32 Å². The molecule has 3 heterocycles. The number of aromatic nitrogens is 4. The van der Waals surface area contributed by atoms with Gasteiger partial charge in [0.1, 0.15) is 17.1 Å². The van der Waals surface area contributed by atoms with E-state index in [0.717, 1.165) is 10.2 Å². The lowest BCUT2D eigenvalue weighted by molar-refractivity contribution is 0.0992. The van der Waals surface area contributed by atoms with E-state index in [0.29, 0.717) is 17.5 Å². The number of anilines is 1. The van der Waals surface area contributed by atoms with Crippen LogP contribution in [0.2, 0.25) is 0 Å². The van der Waals surface area contributed by atoms with Crippen LogP contribution in [-0.4, -0.2) is 25.2 Å². The van der Waals surface area contributed by atoms with Crippen LogP contribution in [0.3, 0.4) is 0 Å². The molecule has 0 aliphatic heterocycles. The fraction of sp³-hybridized carbons (Fsp3) is 0.211. The molecule has 0 saturated carbocycles. The summed E-state index contributed by atoms with van der Waals surface area (Å²) >= 11 is 0. The predicted molar refractivity (Wildman–Crippen MR) is 98.6 cm³/mol. The van der Waals surface area contributed by atoms with Crippen molar-refractivity contribution in [1.82, 2.24) is 19.3 Å². The quantitative estimate of drug-likeness (QED) is 0.464. The Hall–Kier alpha value is -3.63. The van der Waals surface area contributed by atoms with Gasteiger partial charge in [0.15, 0.2) is 5.76 Å². The van der Waals surface area contributed by atoms with Gasteiger partial charge in [-0.05, 0) is 30.3 Å². The zero-order chi connectivity index (χ0) is 21.4. The molecule has 0 radical (unpaired) electrons. The number of imidazole rings is 1. The summed E-state index contributed by atoms with van der Waals surface area (Å²) in [7, 11) is 1.74. The Morgan fingerprint density at radius 1 is 1.13 bits per heavy atom. The molecule has 0 aliphatic rings. The summed E-state index contributed by atoms with van der Waals surface area (Å²) in [5, 5.41) is 6.12. The first kappa shape index (κ1) is 19.7. The van der Waals surface area contributed by atoms with Crippen molar-refractivity contribution in [3.63, 3.8) is 0 Å². The number of carbonyl (C=O) groups excluding carboxylic acids is 1. The number of para-hydroxylation sites is 2. The zero-order valence-electron chi connectivity index (χ0n) is 15.5. The van der Waals surface area contributed by atoms with E-state index in [1.807, 2.05) is 18.2 Å². The van der Waals surface area contributed by atoms with E-state index in [-0.39, 0.29) is 18.1 Å². The first-order valence-corrected chi connectivity index (χ1v) is 8.79. The number of aryl methyl sites for hydroxylation is 1. The molecule has 7 nitrogen and oxygen atoms in total. The fourth-order valence-corrected chi connectivity index (χ4v) is 3.01. The number of carbonyl (C=O) groups is 1. The second-order valence-corrected chi connectivity index (χ2v) is 6.46. The minimum atomic E-state index is -2.99. The van der Waals surface area contributed by atoms with E-state index in [1.54, 1.807) is 17.7 Å². The van der Waals surface area contributed by atoms with Gasteiger partial charge in [-0.1, -0.05) is 12.1 Å². The summed E-state index contributed by atoms with van der Waals surface area (Å²) in [6.07, 6.45) is -5.96. The third-order valence-corrected chi connectivity index (χ3v) is 4.48. The van der Waals surface area contributed by atoms with Crippen LogP contribution in [0.4, 0.5) is 23.5 Å². The van der Waals surface area contributed by atoms with Crippen LogP contribution in [0.15, 0.2) is 46.9 Å². The lowest BCUT2D eigenvalue weighted by Gasteiger charge is -2.05. The lowest BCUT2D eigenvalue weighted by Crippen LogP contribution is -2.14. The Morgan fingerprint density at radius 2 is 1.90 bits per heavy atom. The average Bonchev–Trinajstić information content (AvgIpc) is 3.41. The van der Waals surface area contributed by atoms with E-state index < -0.39 is 30.1 Å². The van der Waals surface area contributed by atoms with Crippen LogP contribution in [0.1, 0.15) is 40.6 Å². The Balaban J connectivity index is 1.53. The van der Waals surface area contributed by atoms with Crippen molar-refractivity contribution in [2.45, 2.75) is 19.4 Å². The Labute approximate surface area is 166 Å². The predicted octanol–water partition coefficient (Wildman–Crippen LogP) is 4.54. The molecule has 3 aromatic heterocycles. The number of furan rings is 1. The van der Waals surface area contributed by atoms with Crippen LogP contribution in [-0.2, 0) is 13.6 Å². The highest BCUT2D eigenvalue weighted by Gasteiger charge is 2.22. The van der Waals surface area contributed by atoms with E-state index in [2.05, 4.69) is 15.4 Å². The number of alkyl halides is 4. The number of benzene rings is 1. The van der Waals surface area contributed by atoms with Gasteiger partial charge < -0.3 is 8.98 Å². The third kappa shape index (κ3) is 3.65. The average molecular weight is 421 g/mol. The maximum Gasteiger partial charge on any atom is 0.293 e. The molecule has 1 aromatic carbocycles. The van der Waals surface area contributed by atoms with Crippen molar-refractivity contribution in [3.8, 4) is 0 Å². The molecule has 11 heteroatoms. The molecular weight excluding hydrogens is 406 g/mol. The monoisotopic (exact) mass is 421 g/mol. The van der Waals surface area contributed by atoms with Gasteiger partial charge in [0, 0.05) is 7.05 Å². The van der Waals surface area contributed by atoms with Crippen molar-refractivity contribution < 1.29 is 26.8 Å². The van der Waals surface area contributed by atoms with Crippen molar-refractivity contribution in [2.75, 3.05) is 5.32 Å². The summed E-state index contributed by atoms with van der Waals surface area (Å²) in [5.74, 6) is -0.275. The maximum atomic E-state index is 13.1. The van der Waals surface area contributed by atoms with Gasteiger partial charge in [0.05, 0.1) is 17.6 Å². The molecule has 1 amide bonds. The molecule has 0 atom stereocenters. The highest BCUT2D eigenvalue weighted by Crippen LogP contribution is 2.26. The molecule has 4 aromatic rings. The number of nitrogens with one attached hydrogen (secondary N) is 1. The van der Waals surface area contributed by atoms with Crippen molar-refractivity contribution in [3.05, 3.63) is 65.4 Å². The van der Waals surface area contributed by atoms with Crippen LogP contribution in [0.25, 0.3) is 11.0 Å². The largest absolute Gasteiger partial charge is 0.454 e. The molecule has 0 unspecified atom stereocenters. The SMILES string of the molecule is Cn1c(NC(=O)c2ccc(Cn3nc(C(F)F)cc3C(F)F)o2)nc2ccccc21. The Bertz CT molecular complexity index is 1210. The van der Waals surface area contributed by atoms with Crippen LogP contribution >= 0.6 is 0 Å². The molecule has 156 valence electrons. The summed E-state index contributed by atoms with van der Waals surface area (Å²) in [5.41, 5.74) is 0.105. The minimum absolute atomic E-state index is 0.0862. The number of hydrogen-bond acceptors (Lipinski definition) is 4. The minimum Gasteiger partial charge on any atom is -0.454 e. The number of rotatable bonds is 6. The zero-order valence-corrected chi connectivity index (χ0v) is 15.5. The van der Waals surface area contributed by atoms with Gasteiger partial charge in [-0.15, -0.1) is 0 Å². The number of amides is 1.